The minimum atomic E-state index is 0.278. The molecule has 0 aromatic heterocycles. The smallest absolute Gasteiger partial charge is 0.120 e. The predicted molar refractivity (Wildman–Crippen MR) is 67.2 cm³/mol. The van der Waals surface area contributed by atoms with E-state index < -0.39 is 0 Å². The molecule has 0 aliphatic rings. The molecular weight excluding hydrogens is 198 g/mol. The number of hydrogen-bond donors (Lipinski definition) is 2. The van der Waals surface area contributed by atoms with Gasteiger partial charge in [-0.05, 0) is 13.0 Å². The van der Waals surface area contributed by atoms with Crippen molar-refractivity contribution in [1.29, 1.82) is 0 Å². The van der Waals surface area contributed by atoms with Crippen molar-refractivity contribution in [2.45, 2.75) is 13.5 Å². The molecule has 16 heavy (non-hydrogen) atoms. The van der Waals surface area contributed by atoms with Crippen molar-refractivity contribution in [1.82, 2.24) is 0 Å². The summed E-state index contributed by atoms with van der Waals surface area (Å²) in [5, 5.41) is 9.03. The Bertz CT molecular complexity index is 412. The molecule has 2 aromatic rings. The molecule has 0 bridgehead atoms. The number of phenolic OH excluding ortho intramolecular Hbond substituents is 1. The second kappa shape index (κ2) is 6.64. The quantitative estimate of drug-likeness (QED) is 0.768. The number of benzene rings is 2. The van der Waals surface area contributed by atoms with E-state index in [0.29, 0.717) is 6.54 Å². The third-order valence-electron chi connectivity index (χ3n) is 2.15. The number of phenols is 1. The van der Waals surface area contributed by atoms with E-state index in [1.807, 2.05) is 24.3 Å². The summed E-state index contributed by atoms with van der Waals surface area (Å²) < 4.78 is 0. The Kier molecular flexibility index (Phi) is 5.09. The number of rotatable bonds is 1. The molecule has 84 valence electrons. The van der Waals surface area contributed by atoms with Crippen molar-refractivity contribution in [3.63, 3.8) is 0 Å². The van der Waals surface area contributed by atoms with Crippen LogP contribution < -0.4 is 5.73 Å². The van der Waals surface area contributed by atoms with E-state index in [9.17, 15) is 0 Å². The van der Waals surface area contributed by atoms with Gasteiger partial charge in [0.05, 0.1) is 0 Å². The first-order chi connectivity index (χ1) is 7.74. The van der Waals surface area contributed by atoms with Crippen LogP contribution in [0.5, 0.6) is 5.75 Å². The second-order valence-corrected chi connectivity index (χ2v) is 3.49. The van der Waals surface area contributed by atoms with Crippen LogP contribution in [0.2, 0.25) is 0 Å². The molecular formula is C14H17NO. The van der Waals surface area contributed by atoms with Gasteiger partial charge in [0.1, 0.15) is 5.75 Å². The van der Waals surface area contributed by atoms with Crippen LogP contribution in [0.15, 0.2) is 54.6 Å². The lowest BCUT2D eigenvalue weighted by Gasteiger charge is -1.97. The van der Waals surface area contributed by atoms with E-state index in [2.05, 4.69) is 19.1 Å². The zero-order valence-corrected chi connectivity index (χ0v) is 9.43. The molecule has 3 N–H and O–H groups in total. The molecule has 0 saturated heterocycles. The summed E-state index contributed by atoms with van der Waals surface area (Å²) in [6.45, 7) is 2.48. The molecule has 0 aliphatic heterocycles. The highest BCUT2D eigenvalue weighted by Gasteiger charge is 1.92. The number of aryl methyl sites for hydroxylation is 1. The molecule has 0 heterocycles. The fourth-order valence-electron chi connectivity index (χ4n) is 1.22. The first kappa shape index (κ1) is 12.3. The van der Waals surface area contributed by atoms with Gasteiger partial charge in [0.25, 0.3) is 0 Å². The lowest BCUT2D eigenvalue weighted by Crippen LogP contribution is -1.95. The highest BCUT2D eigenvalue weighted by Crippen LogP contribution is 2.13. The van der Waals surface area contributed by atoms with Gasteiger partial charge in [-0.15, -0.1) is 0 Å². The van der Waals surface area contributed by atoms with Gasteiger partial charge in [-0.25, -0.2) is 0 Å². The van der Waals surface area contributed by atoms with Crippen LogP contribution in [-0.2, 0) is 6.54 Å². The molecule has 2 aromatic carbocycles. The van der Waals surface area contributed by atoms with E-state index in [4.69, 9.17) is 10.8 Å². The average Bonchev–Trinajstić information content (AvgIpc) is 2.31. The molecule has 0 aliphatic carbocycles. The summed E-state index contributed by atoms with van der Waals surface area (Å²) >= 11 is 0. The van der Waals surface area contributed by atoms with Gasteiger partial charge in [0, 0.05) is 12.1 Å². The molecule has 2 rings (SSSR count). The lowest BCUT2D eigenvalue weighted by atomic mass is 10.2. The van der Waals surface area contributed by atoms with Crippen molar-refractivity contribution < 1.29 is 5.11 Å². The number of aromatic hydroxyl groups is 1. The van der Waals surface area contributed by atoms with E-state index in [0.717, 1.165) is 5.56 Å². The summed E-state index contributed by atoms with van der Waals surface area (Å²) in [5.74, 6) is 0.278. The van der Waals surface area contributed by atoms with Gasteiger partial charge < -0.3 is 10.8 Å². The van der Waals surface area contributed by atoms with Crippen LogP contribution in [0.25, 0.3) is 0 Å². The standard InChI is InChI=1S/C7H9NO.C7H8/c8-5-6-3-1-2-4-7(6)9;1-7-5-3-2-4-6-7/h1-4,9H,5,8H2;2-6H,1H3. The van der Waals surface area contributed by atoms with Gasteiger partial charge in [-0.3, -0.25) is 0 Å². The highest BCUT2D eigenvalue weighted by molar-refractivity contribution is 5.31. The summed E-state index contributed by atoms with van der Waals surface area (Å²) in [5.41, 5.74) is 7.40. The molecule has 2 heteroatoms. The van der Waals surface area contributed by atoms with Crippen LogP contribution in [0.4, 0.5) is 0 Å². The predicted octanol–water partition coefficient (Wildman–Crippen LogP) is 2.85. The van der Waals surface area contributed by atoms with E-state index in [1.54, 1.807) is 18.2 Å². The van der Waals surface area contributed by atoms with Crippen LogP contribution in [0.3, 0.4) is 0 Å². The molecule has 0 spiro atoms. The minimum Gasteiger partial charge on any atom is -0.508 e. The van der Waals surface area contributed by atoms with E-state index >= 15 is 0 Å². The highest BCUT2D eigenvalue weighted by atomic mass is 16.3. The molecule has 0 unspecified atom stereocenters. The van der Waals surface area contributed by atoms with Crippen LogP contribution in [-0.4, -0.2) is 5.11 Å². The van der Waals surface area contributed by atoms with Crippen molar-refractivity contribution in [2.24, 2.45) is 5.73 Å². The summed E-state index contributed by atoms with van der Waals surface area (Å²) in [4.78, 5) is 0. The maximum atomic E-state index is 9.03. The van der Waals surface area contributed by atoms with Crippen molar-refractivity contribution >= 4 is 0 Å². The van der Waals surface area contributed by atoms with Crippen LogP contribution >= 0.6 is 0 Å². The second-order valence-electron chi connectivity index (χ2n) is 3.49. The fraction of sp³-hybridized carbons (Fsp3) is 0.143. The maximum absolute atomic E-state index is 9.03. The first-order valence-electron chi connectivity index (χ1n) is 5.22. The Balaban J connectivity index is 0.000000165. The van der Waals surface area contributed by atoms with Gasteiger partial charge in [0.15, 0.2) is 0 Å². The van der Waals surface area contributed by atoms with Crippen LogP contribution in [0, 0.1) is 6.92 Å². The SMILES string of the molecule is Cc1ccccc1.NCc1ccccc1O. The zero-order valence-electron chi connectivity index (χ0n) is 9.43. The molecule has 0 radical (unpaired) electrons. The normalized spacial score (nSPS) is 9.12. The lowest BCUT2D eigenvalue weighted by molar-refractivity contribution is 0.468. The Labute approximate surface area is 96.4 Å². The van der Waals surface area contributed by atoms with Gasteiger partial charge in [-0.1, -0.05) is 54.1 Å². The Morgan fingerprint density at radius 3 is 1.88 bits per heavy atom. The molecule has 0 amide bonds. The zero-order chi connectivity index (χ0) is 11.8. The molecule has 0 atom stereocenters. The van der Waals surface area contributed by atoms with Gasteiger partial charge in [-0.2, -0.15) is 0 Å². The summed E-state index contributed by atoms with van der Waals surface area (Å²) in [6, 6.07) is 17.3. The maximum Gasteiger partial charge on any atom is 0.120 e. The fourth-order valence-corrected chi connectivity index (χ4v) is 1.22. The Morgan fingerprint density at radius 2 is 1.50 bits per heavy atom. The largest absolute Gasteiger partial charge is 0.508 e. The monoisotopic (exact) mass is 215 g/mol. The topological polar surface area (TPSA) is 46.2 Å². The van der Waals surface area contributed by atoms with E-state index in [-0.39, 0.29) is 5.75 Å². The van der Waals surface area contributed by atoms with Crippen molar-refractivity contribution in [3.8, 4) is 5.75 Å². The average molecular weight is 215 g/mol. The van der Waals surface area contributed by atoms with Crippen molar-refractivity contribution in [3.05, 3.63) is 65.7 Å². The Hall–Kier alpha value is -1.80. The first-order valence-corrected chi connectivity index (χ1v) is 5.22. The third-order valence-corrected chi connectivity index (χ3v) is 2.15. The van der Waals surface area contributed by atoms with E-state index in [1.165, 1.54) is 5.56 Å². The molecule has 2 nitrogen and oxygen atoms in total. The molecule has 0 saturated carbocycles. The minimum absolute atomic E-state index is 0.278. The number of hydrogen-bond acceptors (Lipinski definition) is 2. The van der Waals surface area contributed by atoms with Crippen LogP contribution in [0.1, 0.15) is 11.1 Å². The van der Waals surface area contributed by atoms with Gasteiger partial charge in [0.2, 0.25) is 0 Å². The third kappa shape index (κ3) is 4.15. The summed E-state index contributed by atoms with van der Waals surface area (Å²) in [7, 11) is 0. The van der Waals surface area contributed by atoms with Crippen molar-refractivity contribution in [2.75, 3.05) is 0 Å². The van der Waals surface area contributed by atoms with Gasteiger partial charge >= 0.3 is 0 Å². The molecule has 0 fully saturated rings. The summed E-state index contributed by atoms with van der Waals surface area (Å²) in [6.07, 6.45) is 0. The Morgan fingerprint density at radius 1 is 0.938 bits per heavy atom. The number of para-hydroxylation sites is 1. The number of nitrogens with two attached hydrogens (primary N) is 1.